The predicted octanol–water partition coefficient (Wildman–Crippen LogP) is 13.1. The Bertz CT molecular complexity index is 861. The number of allylic oxidation sites excluding steroid dienone is 1. The fourth-order valence-electron chi connectivity index (χ4n) is 5.79. The van der Waals surface area contributed by atoms with Crippen LogP contribution in [0, 0.1) is 11.3 Å². The summed E-state index contributed by atoms with van der Waals surface area (Å²) in [5, 5.41) is 0. The maximum Gasteiger partial charge on any atom is 0.338 e. The second-order valence-corrected chi connectivity index (χ2v) is 14.3. The molecule has 0 fully saturated rings. The van der Waals surface area contributed by atoms with Gasteiger partial charge in [-0.2, -0.15) is 0 Å². The topological polar surface area (TPSA) is 26.3 Å². The molecule has 1 aromatic rings. The Morgan fingerprint density at radius 2 is 1.21 bits per heavy atom. The molecule has 0 bridgehead atoms. The third kappa shape index (κ3) is 20.1. The van der Waals surface area contributed by atoms with E-state index in [0.29, 0.717) is 16.9 Å². The van der Waals surface area contributed by atoms with E-state index in [1.54, 1.807) is 0 Å². The summed E-state index contributed by atoms with van der Waals surface area (Å²) in [6, 6.07) is 10.2. The van der Waals surface area contributed by atoms with Gasteiger partial charge in [-0.1, -0.05) is 167 Å². The van der Waals surface area contributed by atoms with Gasteiger partial charge < -0.3 is 4.74 Å². The number of esters is 1. The van der Waals surface area contributed by atoms with E-state index in [-0.39, 0.29) is 5.97 Å². The van der Waals surface area contributed by atoms with Gasteiger partial charge in [-0.15, -0.1) is 0 Å². The second-order valence-electron chi connectivity index (χ2n) is 14.3. The normalized spacial score (nSPS) is 13.5. The van der Waals surface area contributed by atoms with Crippen molar-refractivity contribution in [1.82, 2.24) is 0 Å². The van der Waals surface area contributed by atoms with Crippen LogP contribution in [0.4, 0.5) is 0 Å². The van der Waals surface area contributed by atoms with Crippen LogP contribution in [0.2, 0.25) is 0 Å². The van der Waals surface area contributed by atoms with Crippen molar-refractivity contribution in [1.29, 1.82) is 0 Å². The third-order valence-corrected chi connectivity index (χ3v) is 8.68. The molecule has 2 heteroatoms. The highest BCUT2D eigenvalue weighted by molar-refractivity contribution is 5.93. The smallest absolute Gasteiger partial charge is 0.338 e. The lowest BCUT2D eigenvalue weighted by Gasteiger charge is -2.26. The van der Waals surface area contributed by atoms with Crippen LogP contribution in [0.15, 0.2) is 48.1 Å². The van der Waals surface area contributed by atoms with Gasteiger partial charge in [0.05, 0.1) is 5.57 Å². The fraction of sp³-hybridized carbons (Fsp3) is 0.725. The molecule has 0 heterocycles. The highest BCUT2D eigenvalue weighted by Gasteiger charge is 2.24. The first-order chi connectivity index (χ1) is 20.1. The Labute approximate surface area is 262 Å². The molecule has 42 heavy (non-hydrogen) atoms. The number of rotatable bonds is 25. The number of carbonyl (C=O) groups excluding carboxylic acids is 1. The van der Waals surface area contributed by atoms with E-state index < -0.39 is 5.60 Å². The minimum absolute atomic E-state index is 0.193. The molecule has 0 aliphatic rings. The fourth-order valence-corrected chi connectivity index (χ4v) is 5.79. The SMILES string of the molecule is CCCCCCCCCC(C)(C)CCCC(C)C=C(C=Cc1ccccc1)C(=O)OC(C)(C)CCCCCCCCC. The number of hydrogen-bond acceptors (Lipinski definition) is 2. The molecule has 0 radical (unpaired) electrons. The molecule has 0 amide bonds. The van der Waals surface area contributed by atoms with Crippen molar-refractivity contribution in [3.05, 3.63) is 53.6 Å². The van der Waals surface area contributed by atoms with Crippen molar-refractivity contribution < 1.29 is 9.53 Å². The summed E-state index contributed by atoms with van der Waals surface area (Å²) in [5.41, 5.74) is 1.71. The van der Waals surface area contributed by atoms with Gasteiger partial charge in [-0.05, 0) is 68.9 Å². The molecule has 0 spiro atoms. The summed E-state index contributed by atoms with van der Waals surface area (Å²) < 4.78 is 6.12. The first-order valence-corrected chi connectivity index (χ1v) is 17.8. The monoisotopic (exact) mass is 581 g/mol. The van der Waals surface area contributed by atoms with Gasteiger partial charge in [0.25, 0.3) is 0 Å². The lowest BCUT2D eigenvalue weighted by molar-refractivity contribution is -0.151. The van der Waals surface area contributed by atoms with E-state index in [0.717, 1.165) is 24.8 Å². The lowest BCUT2D eigenvalue weighted by Crippen LogP contribution is -2.28. The maximum atomic E-state index is 13.4. The molecule has 240 valence electrons. The highest BCUT2D eigenvalue weighted by atomic mass is 16.6. The molecule has 1 unspecified atom stereocenters. The summed E-state index contributed by atoms with van der Waals surface area (Å²) >= 11 is 0. The largest absolute Gasteiger partial charge is 0.456 e. The molecule has 0 aliphatic carbocycles. The minimum atomic E-state index is -0.455. The second kappa shape index (κ2) is 22.7. The molecule has 1 rings (SSSR count). The van der Waals surface area contributed by atoms with E-state index >= 15 is 0 Å². The number of unbranched alkanes of at least 4 members (excludes halogenated alkanes) is 12. The number of carbonyl (C=O) groups is 1. The van der Waals surface area contributed by atoms with Gasteiger partial charge in [-0.3, -0.25) is 0 Å². The first-order valence-electron chi connectivity index (χ1n) is 17.8. The van der Waals surface area contributed by atoms with Crippen LogP contribution < -0.4 is 0 Å². The van der Waals surface area contributed by atoms with E-state index in [9.17, 15) is 4.79 Å². The number of hydrogen-bond donors (Lipinski definition) is 0. The van der Waals surface area contributed by atoms with Gasteiger partial charge in [-0.25, -0.2) is 4.79 Å². The summed E-state index contributed by atoms with van der Waals surface area (Å²) in [7, 11) is 0. The van der Waals surface area contributed by atoms with Crippen LogP contribution in [0.1, 0.15) is 176 Å². The molecule has 0 saturated carbocycles. The molecule has 0 aliphatic heterocycles. The van der Waals surface area contributed by atoms with E-state index in [2.05, 4.69) is 66.7 Å². The Hall–Kier alpha value is -1.83. The van der Waals surface area contributed by atoms with Crippen molar-refractivity contribution in [2.24, 2.45) is 11.3 Å². The van der Waals surface area contributed by atoms with Crippen LogP contribution in [0.25, 0.3) is 6.08 Å². The van der Waals surface area contributed by atoms with Crippen molar-refractivity contribution in [3.63, 3.8) is 0 Å². The molecule has 1 atom stereocenters. The van der Waals surface area contributed by atoms with Crippen molar-refractivity contribution >= 4 is 12.0 Å². The number of benzene rings is 1. The minimum Gasteiger partial charge on any atom is -0.456 e. The molecular weight excluding hydrogens is 512 g/mol. The van der Waals surface area contributed by atoms with Crippen LogP contribution in [-0.4, -0.2) is 11.6 Å². The Kier molecular flexibility index (Phi) is 20.6. The average molecular weight is 581 g/mol. The predicted molar refractivity (Wildman–Crippen MR) is 186 cm³/mol. The van der Waals surface area contributed by atoms with Gasteiger partial charge in [0.2, 0.25) is 0 Å². The van der Waals surface area contributed by atoms with Gasteiger partial charge in [0, 0.05) is 0 Å². The molecular formula is C40H68O2. The first kappa shape index (κ1) is 38.2. The van der Waals surface area contributed by atoms with E-state index in [4.69, 9.17) is 4.74 Å². The van der Waals surface area contributed by atoms with Gasteiger partial charge in [0.1, 0.15) is 5.60 Å². The van der Waals surface area contributed by atoms with E-state index in [1.807, 2.05) is 30.4 Å². The van der Waals surface area contributed by atoms with Crippen LogP contribution in [0.5, 0.6) is 0 Å². The van der Waals surface area contributed by atoms with Gasteiger partial charge >= 0.3 is 5.97 Å². The molecule has 0 aromatic heterocycles. The zero-order chi connectivity index (χ0) is 31.1. The van der Waals surface area contributed by atoms with Crippen LogP contribution in [-0.2, 0) is 9.53 Å². The van der Waals surface area contributed by atoms with Crippen molar-refractivity contribution in [2.45, 2.75) is 176 Å². The maximum absolute atomic E-state index is 13.4. The average Bonchev–Trinajstić information content (AvgIpc) is 2.94. The Morgan fingerprint density at radius 3 is 1.79 bits per heavy atom. The highest BCUT2D eigenvalue weighted by Crippen LogP contribution is 2.31. The summed E-state index contributed by atoms with van der Waals surface area (Å²) in [6.45, 7) is 15.8. The van der Waals surface area contributed by atoms with Crippen molar-refractivity contribution in [3.8, 4) is 0 Å². The van der Waals surface area contributed by atoms with Crippen molar-refractivity contribution in [2.75, 3.05) is 0 Å². The third-order valence-electron chi connectivity index (χ3n) is 8.68. The molecule has 1 aromatic carbocycles. The van der Waals surface area contributed by atoms with Crippen LogP contribution >= 0.6 is 0 Å². The number of ether oxygens (including phenoxy) is 1. The Morgan fingerprint density at radius 1 is 0.714 bits per heavy atom. The quantitative estimate of drug-likeness (QED) is 0.0497. The molecule has 2 nitrogen and oxygen atoms in total. The summed E-state index contributed by atoms with van der Waals surface area (Å²) in [6.07, 6.45) is 30.4. The Balaban J connectivity index is 2.66. The zero-order valence-electron chi connectivity index (χ0n) is 28.9. The van der Waals surface area contributed by atoms with E-state index in [1.165, 1.54) is 103 Å². The zero-order valence-corrected chi connectivity index (χ0v) is 28.9. The molecule has 0 saturated heterocycles. The summed E-state index contributed by atoms with van der Waals surface area (Å²) in [4.78, 5) is 13.4. The standard InChI is InChI=1S/C40H68O2/c1-8-10-12-14-16-18-23-31-39(4,5)32-25-26-35(3)34-37(30-29-36-27-21-20-22-28-36)38(41)42-40(6,7)33-24-19-17-15-13-11-9-2/h20-22,27-30,34-35H,8-19,23-26,31-33H2,1-7H3. The summed E-state index contributed by atoms with van der Waals surface area (Å²) in [5.74, 6) is 0.134. The lowest BCUT2D eigenvalue weighted by atomic mass is 9.81. The van der Waals surface area contributed by atoms with Gasteiger partial charge in [0.15, 0.2) is 0 Å². The molecule has 0 N–H and O–H groups in total. The van der Waals surface area contributed by atoms with Crippen LogP contribution in [0.3, 0.4) is 0 Å².